The highest BCUT2D eigenvalue weighted by Crippen LogP contribution is 2.30. The Morgan fingerprint density at radius 2 is 1.81 bits per heavy atom. The zero-order valence-corrected chi connectivity index (χ0v) is 16.4. The Hall–Kier alpha value is -2.46. The second-order valence-corrected chi connectivity index (χ2v) is 7.11. The van der Waals surface area contributed by atoms with Crippen molar-refractivity contribution in [3.63, 3.8) is 0 Å². The first-order valence-corrected chi connectivity index (χ1v) is 9.20. The maximum Gasteiger partial charge on any atom is 0.212 e. The molecule has 0 spiro atoms. The smallest absolute Gasteiger partial charge is 0.212 e. The number of pyridine rings is 1. The largest absolute Gasteiger partial charge is 0.481 e. The van der Waals surface area contributed by atoms with E-state index in [0.717, 1.165) is 26.7 Å². The lowest BCUT2D eigenvalue weighted by molar-refractivity contribution is -0.119. The normalized spacial score (nSPS) is 11.8. The minimum absolute atomic E-state index is 0.147. The fraction of sp³-hybridized carbons (Fsp3) is 0.182. The lowest BCUT2D eigenvalue weighted by Gasteiger charge is -2.19. The second-order valence-electron chi connectivity index (χ2n) is 6.19. The maximum atomic E-state index is 13.2. The van der Waals surface area contributed by atoms with Gasteiger partial charge in [0.1, 0.15) is 5.78 Å². The molecular formula is C22H20BrNO2. The summed E-state index contributed by atoms with van der Waals surface area (Å²) < 4.78 is 6.08. The molecule has 3 rings (SSSR count). The third-order valence-electron chi connectivity index (χ3n) is 4.41. The van der Waals surface area contributed by atoms with Gasteiger partial charge in [-0.25, -0.2) is 4.98 Å². The van der Waals surface area contributed by atoms with Gasteiger partial charge < -0.3 is 4.74 Å². The number of benzene rings is 2. The Labute approximate surface area is 162 Å². The van der Waals surface area contributed by atoms with Crippen molar-refractivity contribution in [3.05, 3.63) is 93.6 Å². The van der Waals surface area contributed by atoms with Crippen LogP contribution in [0.15, 0.2) is 71.3 Å². The van der Waals surface area contributed by atoms with Gasteiger partial charge in [0.05, 0.1) is 13.0 Å². The highest BCUT2D eigenvalue weighted by Gasteiger charge is 2.24. The van der Waals surface area contributed by atoms with Crippen LogP contribution < -0.4 is 4.74 Å². The summed E-state index contributed by atoms with van der Waals surface area (Å²) in [6.07, 6.45) is 2.03. The van der Waals surface area contributed by atoms with E-state index in [1.165, 1.54) is 0 Å². The van der Waals surface area contributed by atoms with Gasteiger partial charge in [-0.15, -0.1) is 0 Å². The standard InChI is InChI=1S/C22H20BrNO2/c1-15-5-3-4-6-19(15)22(17-8-10-18(23)11-9-17)20(25)13-16-7-12-21(26-2)24-14-16/h3-12,14,22H,13H2,1-2H3. The van der Waals surface area contributed by atoms with E-state index in [1.54, 1.807) is 19.4 Å². The zero-order valence-electron chi connectivity index (χ0n) is 14.8. The van der Waals surface area contributed by atoms with Crippen LogP contribution in [0.5, 0.6) is 5.88 Å². The molecular weight excluding hydrogens is 390 g/mol. The molecule has 0 amide bonds. The molecule has 0 bridgehead atoms. The van der Waals surface area contributed by atoms with Crippen molar-refractivity contribution in [3.8, 4) is 5.88 Å². The number of rotatable bonds is 6. The Morgan fingerprint density at radius 1 is 1.08 bits per heavy atom. The second kappa shape index (κ2) is 8.28. The van der Waals surface area contributed by atoms with Crippen LogP contribution in [-0.2, 0) is 11.2 Å². The minimum atomic E-state index is -0.300. The summed E-state index contributed by atoms with van der Waals surface area (Å²) in [4.78, 5) is 17.4. The number of carbonyl (C=O) groups excluding carboxylic acids is 1. The minimum Gasteiger partial charge on any atom is -0.481 e. The van der Waals surface area contributed by atoms with Crippen molar-refractivity contribution in [1.29, 1.82) is 0 Å². The van der Waals surface area contributed by atoms with Crippen LogP contribution in [-0.4, -0.2) is 17.9 Å². The van der Waals surface area contributed by atoms with Gasteiger partial charge >= 0.3 is 0 Å². The number of carbonyl (C=O) groups is 1. The quantitative estimate of drug-likeness (QED) is 0.567. The highest BCUT2D eigenvalue weighted by molar-refractivity contribution is 9.10. The molecule has 4 heteroatoms. The molecule has 132 valence electrons. The predicted octanol–water partition coefficient (Wildman–Crippen LogP) is 5.10. The Morgan fingerprint density at radius 3 is 2.42 bits per heavy atom. The average Bonchev–Trinajstić information content (AvgIpc) is 2.66. The van der Waals surface area contributed by atoms with Crippen molar-refractivity contribution < 1.29 is 9.53 Å². The predicted molar refractivity (Wildman–Crippen MR) is 107 cm³/mol. The number of aromatic nitrogens is 1. The van der Waals surface area contributed by atoms with Crippen LogP contribution in [0.3, 0.4) is 0 Å². The third-order valence-corrected chi connectivity index (χ3v) is 4.94. The summed E-state index contributed by atoms with van der Waals surface area (Å²) in [5, 5.41) is 0. The molecule has 1 unspecified atom stereocenters. The fourth-order valence-electron chi connectivity index (χ4n) is 3.04. The first-order valence-electron chi connectivity index (χ1n) is 8.41. The number of hydrogen-bond donors (Lipinski definition) is 0. The van der Waals surface area contributed by atoms with Crippen molar-refractivity contribution in [2.75, 3.05) is 7.11 Å². The van der Waals surface area contributed by atoms with Gasteiger partial charge in [-0.1, -0.05) is 58.4 Å². The number of hydrogen-bond acceptors (Lipinski definition) is 3. The van der Waals surface area contributed by atoms with Crippen molar-refractivity contribution >= 4 is 21.7 Å². The SMILES string of the molecule is COc1ccc(CC(=O)C(c2ccc(Br)cc2)c2ccccc2C)cn1. The van der Waals surface area contributed by atoms with E-state index in [1.807, 2.05) is 61.5 Å². The van der Waals surface area contributed by atoms with Gasteiger partial charge in [0.15, 0.2) is 0 Å². The van der Waals surface area contributed by atoms with E-state index >= 15 is 0 Å². The highest BCUT2D eigenvalue weighted by atomic mass is 79.9. The lowest BCUT2D eigenvalue weighted by atomic mass is 9.83. The molecule has 1 aromatic heterocycles. The van der Waals surface area contributed by atoms with Crippen LogP contribution >= 0.6 is 15.9 Å². The van der Waals surface area contributed by atoms with Gasteiger partial charge in [0, 0.05) is 23.2 Å². The molecule has 1 heterocycles. The molecule has 0 saturated carbocycles. The molecule has 0 aliphatic rings. The number of aryl methyl sites for hydroxylation is 1. The summed E-state index contributed by atoms with van der Waals surface area (Å²) in [6.45, 7) is 2.05. The van der Waals surface area contributed by atoms with Gasteiger partial charge in [0.2, 0.25) is 5.88 Å². The first-order chi connectivity index (χ1) is 12.6. The van der Waals surface area contributed by atoms with E-state index in [4.69, 9.17) is 4.74 Å². The van der Waals surface area contributed by atoms with Crippen LogP contribution in [0.25, 0.3) is 0 Å². The van der Waals surface area contributed by atoms with Crippen LogP contribution in [0.4, 0.5) is 0 Å². The fourth-order valence-corrected chi connectivity index (χ4v) is 3.31. The summed E-state index contributed by atoms with van der Waals surface area (Å²) in [5.74, 6) is 0.393. The Kier molecular flexibility index (Phi) is 5.84. The number of ketones is 1. The average molecular weight is 410 g/mol. The van der Waals surface area contributed by atoms with E-state index in [0.29, 0.717) is 12.3 Å². The van der Waals surface area contributed by atoms with Crippen molar-refractivity contribution in [1.82, 2.24) is 4.98 Å². The van der Waals surface area contributed by atoms with E-state index in [9.17, 15) is 4.79 Å². The molecule has 0 aliphatic carbocycles. The third kappa shape index (κ3) is 4.20. The lowest BCUT2D eigenvalue weighted by Crippen LogP contribution is -2.17. The number of methoxy groups -OCH3 is 1. The zero-order chi connectivity index (χ0) is 18.5. The number of nitrogens with zero attached hydrogens (tertiary/aromatic N) is 1. The van der Waals surface area contributed by atoms with E-state index < -0.39 is 0 Å². The molecule has 2 aromatic carbocycles. The molecule has 0 radical (unpaired) electrons. The van der Waals surface area contributed by atoms with Gasteiger partial charge in [-0.3, -0.25) is 4.79 Å². The van der Waals surface area contributed by atoms with E-state index in [2.05, 4.69) is 20.9 Å². The van der Waals surface area contributed by atoms with Crippen molar-refractivity contribution in [2.24, 2.45) is 0 Å². The first kappa shape index (κ1) is 18.3. The van der Waals surface area contributed by atoms with Gasteiger partial charge in [-0.2, -0.15) is 0 Å². The van der Waals surface area contributed by atoms with Crippen LogP contribution in [0.2, 0.25) is 0 Å². The monoisotopic (exact) mass is 409 g/mol. The number of halogens is 1. The Balaban J connectivity index is 1.95. The van der Waals surface area contributed by atoms with Gasteiger partial charge in [0.25, 0.3) is 0 Å². The molecule has 26 heavy (non-hydrogen) atoms. The van der Waals surface area contributed by atoms with Gasteiger partial charge in [-0.05, 0) is 41.3 Å². The van der Waals surface area contributed by atoms with Crippen LogP contribution in [0, 0.1) is 6.92 Å². The topological polar surface area (TPSA) is 39.2 Å². The molecule has 3 aromatic rings. The molecule has 0 N–H and O–H groups in total. The number of ether oxygens (including phenoxy) is 1. The maximum absolute atomic E-state index is 13.2. The number of Topliss-reactive ketones (excluding diaryl/α,β-unsaturated/α-hetero) is 1. The van der Waals surface area contributed by atoms with E-state index in [-0.39, 0.29) is 11.7 Å². The summed E-state index contributed by atoms with van der Waals surface area (Å²) in [6, 6.07) is 19.7. The molecule has 0 fully saturated rings. The molecule has 0 saturated heterocycles. The van der Waals surface area contributed by atoms with Crippen molar-refractivity contribution in [2.45, 2.75) is 19.3 Å². The Bertz CT molecular complexity index is 889. The molecule has 3 nitrogen and oxygen atoms in total. The van der Waals surface area contributed by atoms with Crippen LogP contribution in [0.1, 0.15) is 28.2 Å². The molecule has 1 atom stereocenters. The summed E-state index contributed by atoms with van der Waals surface area (Å²) in [5.41, 5.74) is 4.03. The summed E-state index contributed by atoms with van der Waals surface area (Å²) >= 11 is 3.46. The summed E-state index contributed by atoms with van der Waals surface area (Å²) in [7, 11) is 1.58. The molecule has 0 aliphatic heterocycles.